The van der Waals surface area contributed by atoms with Gasteiger partial charge in [-0.2, -0.15) is 9.78 Å². The molecule has 1 N–H and O–H groups in total. The molecule has 0 saturated heterocycles. The second-order valence-corrected chi connectivity index (χ2v) is 5.11. The van der Waals surface area contributed by atoms with Gasteiger partial charge in [-0.05, 0) is 25.8 Å². The Kier molecular flexibility index (Phi) is 5.09. The Morgan fingerprint density at radius 2 is 2.00 bits per heavy atom. The first kappa shape index (κ1) is 15.2. The molecular weight excluding hydrogens is 266 g/mol. The van der Waals surface area contributed by atoms with E-state index in [4.69, 9.17) is 0 Å². The summed E-state index contributed by atoms with van der Waals surface area (Å²) in [5.41, 5.74) is 1.68. The van der Waals surface area contributed by atoms with Crippen LogP contribution in [-0.2, 0) is 4.79 Å². The van der Waals surface area contributed by atoms with Crippen molar-refractivity contribution in [2.45, 2.75) is 39.5 Å². The molecule has 2 aromatic rings. The third-order valence-corrected chi connectivity index (χ3v) is 3.37. The number of nitrogens with zero attached hydrogens (tertiary/aromatic N) is 2. The average molecular weight is 287 g/mol. The number of hydrogen-bond acceptors (Lipinski definition) is 3. The van der Waals surface area contributed by atoms with Crippen LogP contribution in [0.4, 0.5) is 0 Å². The average Bonchev–Trinajstić information content (AvgIpc) is 2.83. The second kappa shape index (κ2) is 7.02. The summed E-state index contributed by atoms with van der Waals surface area (Å²) < 4.78 is 1.45. The standard InChI is InChI=1S/C16H21N3O2/c1-3-11-17-15(20)9-6-10-16(21)19-14-8-5-4-7-13(14)12(2)18-19/h4-5,7-8H,3,6,9-11H2,1-2H3,(H,17,20). The molecular formula is C16H21N3O2. The topological polar surface area (TPSA) is 64.0 Å². The highest BCUT2D eigenvalue weighted by molar-refractivity contribution is 5.92. The molecule has 5 heteroatoms. The first-order valence-corrected chi connectivity index (χ1v) is 7.37. The van der Waals surface area contributed by atoms with Gasteiger partial charge in [-0.25, -0.2) is 0 Å². The third kappa shape index (κ3) is 3.68. The van der Waals surface area contributed by atoms with E-state index in [2.05, 4.69) is 10.4 Å². The predicted octanol–water partition coefficient (Wildman–Crippen LogP) is 2.68. The zero-order chi connectivity index (χ0) is 15.2. The van der Waals surface area contributed by atoms with Gasteiger partial charge < -0.3 is 5.32 Å². The van der Waals surface area contributed by atoms with Crippen LogP contribution in [0.25, 0.3) is 10.9 Å². The van der Waals surface area contributed by atoms with Crippen LogP contribution in [0.2, 0.25) is 0 Å². The van der Waals surface area contributed by atoms with Gasteiger partial charge in [-0.1, -0.05) is 25.1 Å². The van der Waals surface area contributed by atoms with Gasteiger partial charge in [0.05, 0.1) is 11.2 Å². The molecule has 5 nitrogen and oxygen atoms in total. The van der Waals surface area contributed by atoms with E-state index >= 15 is 0 Å². The minimum Gasteiger partial charge on any atom is -0.356 e. The fourth-order valence-electron chi connectivity index (χ4n) is 2.27. The number of carbonyl (C=O) groups is 2. The van der Waals surface area contributed by atoms with Crippen molar-refractivity contribution in [1.82, 2.24) is 15.1 Å². The Labute approximate surface area is 124 Å². The summed E-state index contributed by atoms with van der Waals surface area (Å²) in [5.74, 6) is -0.0613. The van der Waals surface area contributed by atoms with Crippen molar-refractivity contribution in [3.8, 4) is 0 Å². The normalized spacial score (nSPS) is 10.8. The maximum atomic E-state index is 12.2. The van der Waals surface area contributed by atoms with Gasteiger partial charge in [0.1, 0.15) is 0 Å². The molecule has 0 aliphatic carbocycles. The number of hydrogen-bond donors (Lipinski definition) is 1. The van der Waals surface area contributed by atoms with Crippen LogP contribution >= 0.6 is 0 Å². The molecule has 0 bridgehead atoms. The summed E-state index contributed by atoms with van der Waals surface area (Å²) in [6, 6.07) is 7.68. The first-order valence-electron chi connectivity index (χ1n) is 7.37. The Bertz CT molecular complexity index is 646. The van der Waals surface area contributed by atoms with E-state index in [-0.39, 0.29) is 11.8 Å². The number of aromatic nitrogens is 2. The van der Waals surface area contributed by atoms with Crippen molar-refractivity contribution in [1.29, 1.82) is 0 Å². The second-order valence-electron chi connectivity index (χ2n) is 5.11. The van der Waals surface area contributed by atoms with E-state index in [0.29, 0.717) is 25.8 Å². The van der Waals surface area contributed by atoms with Crippen molar-refractivity contribution in [2.24, 2.45) is 0 Å². The summed E-state index contributed by atoms with van der Waals surface area (Å²) in [7, 11) is 0. The number of benzene rings is 1. The zero-order valence-corrected chi connectivity index (χ0v) is 12.6. The largest absolute Gasteiger partial charge is 0.356 e. The van der Waals surface area contributed by atoms with E-state index in [1.807, 2.05) is 38.1 Å². The fraction of sp³-hybridized carbons (Fsp3) is 0.438. The number of rotatable bonds is 6. The van der Waals surface area contributed by atoms with Gasteiger partial charge in [-0.3, -0.25) is 9.59 Å². The summed E-state index contributed by atoms with van der Waals surface area (Å²) in [6.07, 6.45) is 2.17. The highest BCUT2D eigenvalue weighted by Gasteiger charge is 2.13. The van der Waals surface area contributed by atoms with E-state index in [1.165, 1.54) is 4.68 Å². The lowest BCUT2D eigenvalue weighted by Gasteiger charge is -2.04. The lowest BCUT2D eigenvalue weighted by Crippen LogP contribution is -2.24. The Hall–Kier alpha value is -2.17. The smallest absolute Gasteiger partial charge is 0.247 e. The highest BCUT2D eigenvalue weighted by Crippen LogP contribution is 2.18. The zero-order valence-electron chi connectivity index (χ0n) is 12.6. The molecule has 0 unspecified atom stereocenters. The van der Waals surface area contributed by atoms with Gasteiger partial charge in [0, 0.05) is 24.8 Å². The van der Waals surface area contributed by atoms with Crippen molar-refractivity contribution in [2.75, 3.05) is 6.54 Å². The molecule has 21 heavy (non-hydrogen) atoms. The first-order chi connectivity index (χ1) is 10.1. The molecule has 1 heterocycles. The highest BCUT2D eigenvalue weighted by atomic mass is 16.2. The van der Waals surface area contributed by atoms with Crippen molar-refractivity contribution in [3.05, 3.63) is 30.0 Å². The SMILES string of the molecule is CCCNC(=O)CCCC(=O)n1nc(C)c2ccccc21. The molecule has 1 aromatic heterocycles. The van der Waals surface area contributed by atoms with Crippen LogP contribution in [0.1, 0.15) is 43.1 Å². The molecule has 0 aliphatic heterocycles. The summed E-state index contributed by atoms with van der Waals surface area (Å²) in [6.45, 7) is 4.59. The number of para-hydroxylation sites is 1. The molecule has 1 amide bonds. The molecule has 112 valence electrons. The minimum atomic E-state index is -0.0670. The maximum Gasteiger partial charge on any atom is 0.247 e. The van der Waals surface area contributed by atoms with Crippen LogP contribution in [0.5, 0.6) is 0 Å². The molecule has 0 radical (unpaired) electrons. The van der Waals surface area contributed by atoms with Gasteiger partial charge in [0.25, 0.3) is 0 Å². The minimum absolute atomic E-state index is 0.00570. The Morgan fingerprint density at radius 3 is 2.76 bits per heavy atom. The maximum absolute atomic E-state index is 12.2. The Morgan fingerprint density at radius 1 is 1.24 bits per heavy atom. The molecule has 0 atom stereocenters. The van der Waals surface area contributed by atoms with E-state index in [1.54, 1.807) is 0 Å². The lowest BCUT2D eigenvalue weighted by atomic mass is 10.2. The molecule has 2 rings (SSSR count). The third-order valence-electron chi connectivity index (χ3n) is 3.37. The van der Waals surface area contributed by atoms with E-state index < -0.39 is 0 Å². The van der Waals surface area contributed by atoms with Crippen LogP contribution in [0.3, 0.4) is 0 Å². The molecule has 0 fully saturated rings. The molecule has 0 saturated carbocycles. The van der Waals surface area contributed by atoms with Crippen molar-refractivity contribution < 1.29 is 9.59 Å². The van der Waals surface area contributed by atoms with Gasteiger partial charge in [0.15, 0.2) is 0 Å². The summed E-state index contributed by atoms with van der Waals surface area (Å²) in [5, 5.41) is 8.10. The number of amides is 1. The van der Waals surface area contributed by atoms with Crippen LogP contribution in [-0.4, -0.2) is 28.1 Å². The van der Waals surface area contributed by atoms with Crippen LogP contribution < -0.4 is 5.32 Å². The van der Waals surface area contributed by atoms with Gasteiger partial charge in [-0.15, -0.1) is 0 Å². The fourth-order valence-corrected chi connectivity index (χ4v) is 2.27. The molecule has 0 spiro atoms. The van der Waals surface area contributed by atoms with Crippen molar-refractivity contribution in [3.63, 3.8) is 0 Å². The quantitative estimate of drug-likeness (QED) is 0.888. The van der Waals surface area contributed by atoms with Crippen LogP contribution in [0, 0.1) is 6.92 Å². The summed E-state index contributed by atoms with van der Waals surface area (Å²) in [4.78, 5) is 23.7. The molecule has 1 aromatic carbocycles. The van der Waals surface area contributed by atoms with Crippen molar-refractivity contribution >= 4 is 22.7 Å². The number of carbonyl (C=O) groups excluding carboxylic acids is 2. The van der Waals surface area contributed by atoms with Crippen LogP contribution in [0.15, 0.2) is 24.3 Å². The lowest BCUT2D eigenvalue weighted by molar-refractivity contribution is -0.121. The molecule has 0 aliphatic rings. The number of aryl methyl sites for hydroxylation is 1. The summed E-state index contributed by atoms with van der Waals surface area (Å²) >= 11 is 0. The van der Waals surface area contributed by atoms with Gasteiger partial charge in [0.2, 0.25) is 11.8 Å². The monoisotopic (exact) mass is 287 g/mol. The predicted molar refractivity (Wildman–Crippen MR) is 82.2 cm³/mol. The van der Waals surface area contributed by atoms with E-state index in [0.717, 1.165) is 23.0 Å². The van der Waals surface area contributed by atoms with E-state index in [9.17, 15) is 9.59 Å². The Balaban J connectivity index is 1.95. The number of fused-ring (bicyclic) bond motifs is 1. The van der Waals surface area contributed by atoms with Gasteiger partial charge >= 0.3 is 0 Å². The number of nitrogens with one attached hydrogen (secondary N) is 1.